The van der Waals surface area contributed by atoms with Gasteiger partial charge in [0.15, 0.2) is 5.82 Å². The number of pyridine rings is 1. The van der Waals surface area contributed by atoms with E-state index in [1.807, 2.05) is 23.4 Å². The smallest absolute Gasteiger partial charge is 0.153 e. The molecule has 2 aromatic rings. The Morgan fingerprint density at radius 2 is 2.28 bits per heavy atom. The maximum absolute atomic E-state index is 8.97. The number of thiophene rings is 1. The Kier molecular flexibility index (Phi) is 3.49. The minimum absolute atomic E-state index is 0.175. The second-order valence-corrected chi connectivity index (χ2v) is 4.99. The number of nitrogens with two attached hydrogens (primary N) is 1. The molecule has 92 valence electrons. The minimum Gasteiger partial charge on any atom is -0.395 e. The van der Waals surface area contributed by atoms with Crippen LogP contribution in [0.25, 0.3) is 0 Å². The number of rotatable bonds is 3. The van der Waals surface area contributed by atoms with Gasteiger partial charge in [0.25, 0.3) is 0 Å². The molecule has 1 unspecified atom stereocenters. The molecule has 18 heavy (non-hydrogen) atoms. The molecular weight excluding hydrogens is 244 g/mol. The topological polar surface area (TPSA) is 65.9 Å². The number of hydrogen-bond donors (Lipinski definition) is 1. The van der Waals surface area contributed by atoms with Gasteiger partial charge in [-0.1, -0.05) is 6.07 Å². The van der Waals surface area contributed by atoms with Crippen LogP contribution in [0.15, 0.2) is 29.8 Å². The van der Waals surface area contributed by atoms with Gasteiger partial charge >= 0.3 is 0 Å². The van der Waals surface area contributed by atoms with Gasteiger partial charge in [0.05, 0.1) is 17.3 Å². The van der Waals surface area contributed by atoms with E-state index in [4.69, 9.17) is 11.0 Å². The molecule has 0 amide bonds. The lowest BCUT2D eigenvalue weighted by Gasteiger charge is -2.26. The van der Waals surface area contributed by atoms with E-state index < -0.39 is 0 Å². The second-order valence-electron chi connectivity index (χ2n) is 4.01. The van der Waals surface area contributed by atoms with E-state index in [1.54, 1.807) is 23.6 Å². The van der Waals surface area contributed by atoms with E-state index >= 15 is 0 Å². The van der Waals surface area contributed by atoms with Crippen molar-refractivity contribution >= 4 is 22.8 Å². The Hall–Kier alpha value is -2.06. The van der Waals surface area contributed by atoms with Crippen molar-refractivity contribution < 1.29 is 0 Å². The van der Waals surface area contributed by atoms with Crippen LogP contribution in [0.3, 0.4) is 0 Å². The van der Waals surface area contributed by atoms with Crippen LogP contribution in [0.2, 0.25) is 0 Å². The van der Waals surface area contributed by atoms with Crippen molar-refractivity contribution in [2.45, 2.75) is 13.0 Å². The molecule has 0 bridgehead atoms. The van der Waals surface area contributed by atoms with Crippen molar-refractivity contribution in [2.75, 3.05) is 17.7 Å². The van der Waals surface area contributed by atoms with Gasteiger partial charge < -0.3 is 10.6 Å². The third kappa shape index (κ3) is 2.15. The van der Waals surface area contributed by atoms with Crippen LogP contribution in [0.5, 0.6) is 0 Å². The highest BCUT2D eigenvalue weighted by molar-refractivity contribution is 7.10. The van der Waals surface area contributed by atoms with E-state index in [9.17, 15) is 0 Å². The fourth-order valence-corrected chi connectivity index (χ4v) is 2.57. The predicted molar refractivity (Wildman–Crippen MR) is 74.5 cm³/mol. The molecule has 0 radical (unpaired) electrons. The summed E-state index contributed by atoms with van der Waals surface area (Å²) in [6, 6.07) is 7.98. The summed E-state index contributed by atoms with van der Waals surface area (Å²) >= 11 is 1.69. The van der Waals surface area contributed by atoms with Crippen LogP contribution in [0, 0.1) is 11.3 Å². The Morgan fingerprint density at radius 1 is 1.50 bits per heavy atom. The average molecular weight is 258 g/mol. The second kappa shape index (κ2) is 5.07. The largest absolute Gasteiger partial charge is 0.395 e. The fraction of sp³-hybridized carbons (Fsp3) is 0.231. The van der Waals surface area contributed by atoms with Crippen molar-refractivity contribution in [3.05, 3.63) is 40.2 Å². The quantitative estimate of drug-likeness (QED) is 0.919. The van der Waals surface area contributed by atoms with Crippen LogP contribution in [0.1, 0.15) is 23.4 Å². The van der Waals surface area contributed by atoms with Gasteiger partial charge in [-0.05, 0) is 24.4 Å². The highest BCUT2D eigenvalue weighted by atomic mass is 32.1. The van der Waals surface area contributed by atoms with Crippen LogP contribution in [-0.4, -0.2) is 12.0 Å². The Balaban J connectivity index is 2.35. The lowest BCUT2D eigenvalue weighted by Crippen LogP contribution is -2.23. The van der Waals surface area contributed by atoms with E-state index in [0.717, 1.165) is 0 Å². The SMILES string of the molecule is CC(c1cccs1)N(C)c1nccc(C#N)c1N. The third-order valence-corrected chi connectivity index (χ3v) is 4.00. The highest BCUT2D eigenvalue weighted by Gasteiger charge is 2.17. The number of anilines is 2. The Labute approximate surface area is 110 Å². The number of nitriles is 1. The summed E-state index contributed by atoms with van der Waals surface area (Å²) in [6.45, 7) is 2.09. The molecule has 2 heterocycles. The first-order valence-corrected chi connectivity index (χ1v) is 6.44. The monoisotopic (exact) mass is 258 g/mol. The van der Waals surface area contributed by atoms with Gasteiger partial charge in [-0.25, -0.2) is 4.98 Å². The zero-order chi connectivity index (χ0) is 13.1. The zero-order valence-electron chi connectivity index (χ0n) is 10.3. The van der Waals surface area contributed by atoms with Crippen molar-refractivity contribution in [1.29, 1.82) is 5.26 Å². The van der Waals surface area contributed by atoms with Gasteiger partial charge in [-0.2, -0.15) is 5.26 Å². The summed E-state index contributed by atoms with van der Waals surface area (Å²) in [5.74, 6) is 0.648. The first-order chi connectivity index (χ1) is 8.65. The van der Waals surface area contributed by atoms with Gasteiger partial charge in [0, 0.05) is 18.1 Å². The van der Waals surface area contributed by atoms with Gasteiger partial charge in [-0.15, -0.1) is 11.3 Å². The molecule has 2 rings (SSSR count). The molecule has 2 N–H and O–H groups in total. The molecule has 0 fully saturated rings. The highest BCUT2D eigenvalue weighted by Crippen LogP contribution is 2.31. The first-order valence-electron chi connectivity index (χ1n) is 5.56. The molecule has 0 saturated heterocycles. The van der Waals surface area contributed by atoms with Gasteiger partial charge in [0.1, 0.15) is 6.07 Å². The standard InChI is InChI=1S/C13H14N4S/c1-9(11-4-3-7-18-11)17(2)13-12(15)10(8-14)5-6-16-13/h3-7,9H,15H2,1-2H3. The summed E-state index contributed by atoms with van der Waals surface area (Å²) in [4.78, 5) is 7.50. The molecule has 0 saturated carbocycles. The molecule has 0 aliphatic carbocycles. The van der Waals surface area contributed by atoms with Crippen LogP contribution < -0.4 is 10.6 Å². The van der Waals surface area contributed by atoms with Crippen molar-refractivity contribution in [3.63, 3.8) is 0 Å². The number of nitrogens with zero attached hydrogens (tertiary/aromatic N) is 3. The minimum atomic E-state index is 0.175. The molecule has 0 aliphatic heterocycles. The summed E-state index contributed by atoms with van der Waals surface area (Å²) < 4.78 is 0. The van der Waals surface area contributed by atoms with Gasteiger partial charge in [-0.3, -0.25) is 0 Å². The van der Waals surface area contributed by atoms with E-state index in [2.05, 4.69) is 24.0 Å². The number of hydrogen-bond acceptors (Lipinski definition) is 5. The molecule has 0 spiro atoms. The first kappa shape index (κ1) is 12.4. The maximum Gasteiger partial charge on any atom is 0.153 e. The van der Waals surface area contributed by atoms with Crippen LogP contribution in [0.4, 0.5) is 11.5 Å². The predicted octanol–water partition coefficient (Wildman–Crippen LogP) is 2.79. The van der Waals surface area contributed by atoms with Gasteiger partial charge in [0.2, 0.25) is 0 Å². The van der Waals surface area contributed by atoms with Crippen molar-refractivity contribution in [1.82, 2.24) is 4.98 Å². The van der Waals surface area contributed by atoms with Crippen LogP contribution in [-0.2, 0) is 0 Å². The summed E-state index contributed by atoms with van der Waals surface area (Å²) in [7, 11) is 1.93. The van der Waals surface area contributed by atoms with E-state index in [0.29, 0.717) is 17.1 Å². The molecule has 5 heteroatoms. The number of aromatic nitrogens is 1. The summed E-state index contributed by atoms with van der Waals surface area (Å²) in [5.41, 5.74) is 6.86. The molecule has 0 aromatic carbocycles. The van der Waals surface area contributed by atoms with E-state index in [-0.39, 0.29) is 6.04 Å². The van der Waals surface area contributed by atoms with Crippen molar-refractivity contribution in [2.24, 2.45) is 0 Å². The Morgan fingerprint density at radius 3 is 2.89 bits per heavy atom. The third-order valence-electron chi connectivity index (χ3n) is 2.96. The molecule has 1 atom stereocenters. The summed E-state index contributed by atoms with van der Waals surface area (Å²) in [5, 5.41) is 11.0. The van der Waals surface area contributed by atoms with Crippen molar-refractivity contribution in [3.8, 4) is 6.07 Å². The average Bonchev–Trinajstić information content (AvgIpc) is 2.91. The zero-order valence-corrected chi connectivity index (χ0v) is 11.1. The maximum atomic E-state index is 8.97. The lowest BCUT2D eigenvalue weighted by atomic mass is 10.2. The normalized spacial score (nSPS) is 11.8. The Bertz CT molecular complexity index is 571. The number of nitrogen functional groups attached to an aromatic ring is 1. The van der Waals surface area contributed by atoms with Crippen LogP contribution >= 0.6 is 11.3 Å². The van der Waals surface area contributed by atoms with E-state index in [1.165, 1.54) is 4.88 Å². The molecule has 4 nitrogen and oxygen atoms in total. The summed E-state index contributed by atoms with van der Waals surface area (Å²) in [6.07, 6.45) is 1.61. The fourth-order valence-electron chi connectivity index (χ4n) is 1.74. The molecular formula is C13H14N4S. The lowest BCUT2D eigenvalue weighted by molar-refractivity contribution is 0.743. The molecule has 0 aliphatic rings. The molecule has 2 aromatic heterocycles.